The smallest absolute Gasteiger partial charge is 0.338 e. The van der Waals surface area contributed by atoms with Crippen molar-refractivity contribution in [3.63, 3.8) is 0 Å². The number of nitrogens with one attached hydrogen (secondary N) is 2. The summed E-state index contributed by atoms with van der Waals surface area (Å²) in [6.07, 6.45) is 0. The summed E-state index contributed by atoms with van der Waals surface area (Å²) < 4.78 is 32.7. The normalized spacial score (nSPS) is 13.1. The SMILES string of the molecule is CCOC(=O)c1ccc(S(=O)(=O)NCC(C)(C)NC(C)c2ccccc2)cc1. The standard InChI is InChI=1S/C21H28N2O4S/c1-5-27-20(24)18-11-13-19(14-12-18)28(25,26)22-15-21(3,4)23-16(2)17-9-7-6-8-10-17/h6-14,16,22-23H,5,15H2,1-4H3. The van der Waals surface area contributed by atoms with Crippen molar-refractivity contribution in [2.45, 2.75) is 44.2 Å². The molecular weight excluding hydrogens is 376 g/mol. The van der Waals surface area contributed by atoms with Crippen molar-refractivity contribution >= 4 is 16.0 Å². The van der Waals surface area contributed by atoms with Crippen molar-refractivity contribution in [3.8, 4) is 0 Å². The first-order valence-electron chi connectivity index (χ1n) is 9.24. The number of rotatable bonds is 9. The predicted octanol–water partition coefficient (Wildman–Crippen LogP) is 3.27. The zero-order valence-electron chi connectivity index (χ0n) is 16.7. The van der Waals surface area contributed by atoms with Crippen molar-refractivity contribution in [2.75, 3.05) is 13.2 Å². The van der Waals surface area contributed by atoms with Gasteiger partial charge in [0.1, 0.15) is 0 Å². The quantitative estimate of drug-likeness (QED) is 0.627. The molecule has 1 atom stereocenters. The Morgan fingerprint density at radius 3 is 2.25 bits per heavy atom. The highest BCUT2D eigenvalue weighted by molar-refractivity contribution is 7.89. The van der Waals surface area contributed by atoms with E-state index in [-0.39, 0.29) is 24.1 Å². The van der Waals surface area contributed by atoms with E-state index < -0.39 is 21.5 Å². The van der Waals surface area contributed by atoms with Gasteiger partial charge in [-0.15, -0.1) is 0 Å². The summed E-state index contributed by atoms with van der Waals surface area (Å²) in [5.41, 5.74) is 0.986. The van der Waals surface area contributed by atoms with Crippen molar-refractivity contribution in [1.82, 2.24) is 10.0 Å². The summed E-state index contributed by atoms with van der Waals surface area (Å²) in [6.45, 7) is 8.13. The Bertz CT molecular complexity index is 878. The molecule has 28 heavy (non-hydrogen) atoms. The van der Waals surface area contributed by atoms with Gasteiger partial charge in [0.2, 0.25) is 10.0 Å². The van der Waals surface area contributed by atoms with E-state index in [0.717, 1.165) is 5.56 Å². The minimum atomic E-state index is -3.69. The van der Waals surface area contributed by atoms with Gasteiger partial charge in [-0.1, -0.05) is 30.3 Å². The Morgan fingerprint density at radius 1 is 1.07 bits per heavy atom. The lowest BCUT2D eigenvalue weighted by atomic mass is 10.0. The summed E-state index contributed by atoms with van der Waals surface area (Å²) in [5, 5.41) is 3.45. The maximum absolute atomic E-state index is 12.6. The number of carbonyl (C=O) groups is 1. The lowest BCUT2D eigenvalue weighted by Crippen LogP contribution is -2.49. The molecule has 6 nitrogen and oxygen atoms in total. The molecule has 2 aromatic rings. The largest absolute Gasteiger partial charge is 0.462 e. The van der Waals surface area contributed by atoms with E-state index in [1.165, 1.54) is 24.3 Å². The molecule has 0 aliphatic rings. The van der Waals surface area contributed by atoms with Crippen molar-refractivity contribution in [3.05, 3.63) is 65.7 Å². The van der Waals surface area contributed by atoms with Gasteiger partial charge >= 0.3 is 5.97 Å². The molecule has 0 heterocycles. The van der Waals surface area contributed by atoms with Crippen LogP contribution < -0.4 is 10.0 Å². The monoisotopic (exact) mass is 404 g/mol. The van der Waals surface area contributed by atoms with Crippen molar-refractivity contribution < 1.29 is 17.9 Å². The highest BCUT2D eigenvalue weighted by Crippen LogP contribution is 2.17. The van der Waals surface area contributed by atoms with Crippen LogP contribution in [-0.2, 0) is 14.8 Å². The molecule has 1 unspecified atom stereocenters. The molecule has 152 valence electrons. The fourth-order valence-electron chi connectivity index (χ4n) is 2.81. The molecule has 0 bridgehead atoms. The third-order valence-corrected chi connectivity index (χ3v) is 5.70. The van der Waals surface area contributed by atoms with Crippen molar-refractivity contribution in [1.29, 1.82) is 0 Å². The third-order valence-electron chi connectivity index (χ3n) is 4.29. The average Bonchev–Trinajstić information content (AvgIpc) is 2.67. The van der Waals surface area contributed by atoms with Gasteiger partial charge in [-0.2, -0.15) is 0 Å². The fraction of sp³-hybridized carbons (Fsp3) is 0.381. The maximum Gasteiger partial charge on any atom is 0.338 e. The van der Waals surface area contributed by atoms with Gasteiger partial charge in [0.25, 0.3) is 0 Å². The van der Waals surface area contributed by atoms with E-state index in [1.54, 1.807) is 6.92 Å². The molecular formula is C21H28N2O4S. The Morgan fingerprint density at radius 2 is 1.68 bits per heavy atom. The van der Waals surface area contributed by atoms with E-state index in [9.17, 15) is 13.2 Å². The summed E-state index contributed by atoms with van der Waals surface area (Å²) in [4.78, 5) is 11.8. The molecule has 0 aliphatic heterocycles. The van der Waals surface area contributed by atoms with Gasteiger partial charge < -0.3 is 10.1 Å². The van der Waals surface area contributed by atoms with Gasteiger partial charge in [0, 0.05) is 18.1 Å². The molecule has 0 saturated heterocycles. The molecule has 0 saturated carbocycles. The van der Waals surface area contributed by atoms with E-state index >= 15 is 0 Å². The van der Waals surface area contributed by atoms with Gasteiger partial charge in [0.05, 0.1) is 17.1 Å². The van der Waals surface area contributed by atoms with E-state index in [4.69, 9.17) is 4.74 Å². The molecule has 2 rings (SSSR count). The van der Waals surface area contributed by atoms with E-state index in [1.807, 2.05) is 51.1 Å². The summed E-state index contributed by atoms with van der Waals surface area (Å²) >= 11 is 0. The number of benzene rings is 2. The van der Waals surface area contributed by atoms with Crippen LogP contribution in [0.3, 0.4) is 0 Å². The van der Waals surface area contributed by atoms with Crippen LogP contribution in [0.15, 0.2) is 59.5 Å². The first-order valence-corrected chi connectivity index (χ1v) is 10.7. The molecule has 0 amide bonds. The van der Waals surface area contributed by atoms with Crippen LogP contribution in [0.1, 0.15) is 49.7 Å². The van der Waals surface area contributed by atoms with E-state index in [2.05, 4.69) is 10.0 Å². The first-order chi connectivity index (χ1) is 13.1. The minimum absolute atomic E-state index is 0.0737. The number of carbonyl (C=O) groups excluding carboxylic acids is 1. The molecule has 0 radical (unpaired) electrons. The summed E-state index contributed by atoms with van der Waals surface area (Å²) in [5.74, 6) is -0.473. The minimum Gasteiger partial charge on any atom is -0.462 e. The van der Waals surface area contributed by atoms with Crippen LogP contribution in [-0.4, -0.2) is 33.1 Å². The van der Waals surface area contributed by atoms with Gasteiger partial charge in [-0.3, -0.25) is 0 Å². The molecule has 0 spiro atoms. The molecule has 2 aromatic carbocycles. The van der Waals surface area contributed by atoms with Crippen LogP contribution in [0, 0.1) is 0 Å². The summed E-state index contributed by atoms with van der Waals surface area (Å²) in [6, 6.07) is 15.8. The topological polar surface area (TPSA) is 84.5 Å². The Hall–Kier alpha value is -2.22. The fourth-order valence-corrected chi connectivity index (χ4v) is 4.02. The number of sulfonamides is 1. The third kappa shape index (κ3) is 6.15. The second-order valence-electron chi connectivity index (χ2n) is 7.23. The van der Waals surface area contributed by atoms with Crippen LogP contribution >= 0.6 is 0 Å². The highest BCUT2D eigenvalue weighted by Gasteiger charge is 2.24. The number of hydrogen-bond donors (Lipinski definition) is 2. The number of hydrogen-bond acceptors (Lipinski definition) is 5. The molecule has 7 heteroatoms. The Balaban J connectivity index is 2.00. The van der Waals surface area contributed by atoms with Gasteiger partial charge in [-0.05, 0) is 57.5 Å². The predicted molar refractivity (Wildman–Crippen MR) is 110 cm³/mol. The Kier molecular flexibility index (Phi) is 7.35. The van der Waals surface area contributed by atoms with Crippen LogP contribution in [0.25, 0.3) is 0 Å². The number of esters is 1. The molecule has 2 N–H and O–H groups in total. The van der Waals surface area contributed by atoms with Crippen LogP contribution in [0.5, 0.6) is 0 Å². The second-order valence-corrected chi connectivity index (χ2v) is 9.00. The lowest BCUT2D eigenvalue weighted by molar-refractivity contribution is 0.0526. The highest BCUT2D eigenvalue weighted by atomic mass is 32.2. The van der Waals surface area contributed by atoms with Gasteiger partial charge in [-0.25, -0.2) is 17.9 Å². The maximum atomic E-state index is 12.6. The zero-order chi connectivity index (χ0) is 20.8. The van der Waals surface area contributed by atoms with Crippen molar-refractivity contribution in [2.24, 2.45) is 0 Å². The zero-order valence-corrected chi connectivity index (χ0v) is 17.5. The molecule has 0 aliphatic carbocycles. The van der Waals surface area contributed by atoms with Crippen LogP contribution in [0.2, 0.25) is 0 Å². The lowest BCUT2D eigenvalue weighted by Gasteiger charge is -2.30. The second kappa shape index (κ2) is 9.32. The van der Waals surface area contributed by atoms with E-state index in [0.29, 0.717) is 5.56 Å². The van der Waals surface area contributed by atoms with Gasteiger partial charge in [0.15, 0.2) is 0 Å². The summed E-state index contributed by atoms with van der Waals surface area (Å²) in [7, 11) is -3.69. The average molecular weight is 405 g/mol. The molecule has 0 aromatic heterocycles. The number of ether oxygens (including phenoxy) is 1. The molecule has 0 fully saturated rings. The van der Waals surface area contributed by atoms with Crippen LogP contribution in [0.4, 0.5) is 0 Å². The first kappa shape index (κ1) is 22.1. The Labute approximate surface area is 167 Å².